The van der Waals surface area contributed by atoms with Gasteiger partial charge in [-0.2, -0.15) is 0 Å². The number of hydrogen-bond donors (Lipinski definition) is 7. The zero-order valence-corrected chi connectivity index (χ0v) is 16.1. The summed E-state index contributed by atoms with van der Waals surface area (Å²) in [6, 6.07) is 8.54. The van der Waals surface area contributed by atoms with Gasteiger partial charge in [-0.15, -0.1) is 0 Å². The van der Waals surface area contributed by atoms with Gasteiger partial charge in [0.25, 0.3) is 0 Å². The third-order valence-electron chi connectivity index (χ3n) is 5.18. The van der Waals surface area contributed by atoms with Crippen molar-refractivity contribution in [1.82, 2.24) is 0 Å². The molecule has 10 heteroatoms. The van der Waals surface area contributed by atoms with E-state index >= 15 is 0 Å². The number of ether oxygens (including phenoxy) is 3. The second-order valence-electron chi connectivity index (χ2n) is 7.33. The van der Waals surface area contributed by atoms with Crippen LogP contribution in [0.3, 0.4) is 0 Å². The summed E-state index contributed by atoms with van der Waals surface area (Å²) in [6.45, 7) is -0.624. The molecule has 0 saturated carbocycles. The molecule has 0 aromatic heterocycles. The summed E-state index contributed by atoms with van der Waals surface area (Å²) in [6.07, 6.45) is -7.02. The standard InChI is InChI=1S/C21H22O10/c22-8-16-17(26)18(27)19(28)21(31-16)30-15-6-11(24)5-14-12(15)7-13(25)20(29-14)9-1-3-10(23)4-2-9/h1-7,16-28H,8H2/t16-,17+,18+,19-,20?,21-/m1/s1. The molecule has 0 amide bonds. The Bertz CT molecular complexity index is 971. The van der Waals surface area contributed by atoms with Crippen molar-refractivity contribution >= 4 is 6.08 Å². The average molecular weight is 434 g/mol. The predicted molar refractivity (Wildman–Crippen MR) is 105 cm³/mol. The molecular formula is C21H22O10. The second-order valence-corrected chi connectivity index (χ2v) is 7.33. The Morgan fingerprint density at radius 2 is 1.58 bits per heavy atom. The monoisotopic (exact) mass is 434 g/mol. The first kappa shape index (κ1) is 21.2. The molecule has 1 saturated heterocycles. The van der Waals surface area contributed by atoms with Crippen LogP contribution in [0, 0.1) is 0 Å². The van der Waals surface area contributed by atoms with Crippen LogP contribution in [0.2, 0.25) is 0 Å². The van der Waals surface area contributed by atoms with Crippen LogP contribution in [0.15, 0.2) is 42.2 Å². The minimum absolute atomic E-state index is 0.0324. The van der Waals surface area contributed by atoms with E-state index in [1.165, 1.54) is 30.3 Å². The lowest BCUT2D eigenvalue weighted by molar-refractivity contribution is -0.277. The fourth-order valence-electron chi connectivity index (χ4n) is 3.51. The number of aromatic hydroxyl groups is 2. The number of rotatable bonds is 4. The second kappa shape index (κ2) is 8.25. The SMILES string of the molecule is OC[C@H]1O[C@@H](Oc2cc(O)cc3c2C=C(O)C(c2ccc(O)cc2)O3)[C@H](O)[C@@H](O)[C@H]1O. The van der Waals surface area contributed by atoms with Crippen LogP contribution in [-0.4, -0.2) is 73.1 Å². The maximum atomic E-state index is 10.5. The van der Waals surface area contributed by atoms with Gasteiger partial charge in [0.2, 0.25) is 6.29 Å². The summed E-state index contributed by atoms with van der Waals surface area (Å²) in [5.74, 6) is -0.234. The number of phenols is 2. The molecule has 0 radical (unpaired) electrons. The molecule has 1 unspecified atom stereocenters. The summed E-state index contributed by atoms with van der Waals surface area (Å²) < 4.78 is 16.8. The predicted octanol–water partition coefficient (Wildman–Crippen LogP) is 0.309. The first-order valence-corrected chi connectivity index (χ1v) is 9.49. The van der Waals surface area contributed by atoms with Crippen molar-refractivity contribution in [2.45, 2.75) is 36.8 Å². The number of fused-ring (bicyclic) bond motifs is 1. The Kier molecular flexibility index (Phi) is 5.65. The maximum absolute atomic E-state index is 10.5. The highest BCUT2D eigenvalue weighted by Gasteiger charge is 2.45. The number of aliphatic hydroxyl groups excluding tert-OH is 5. The normalized spacial score (nSPS) is 30.1. The van der Waals surface area contributed by atoms with Gasteiger partial charge >= 0.3 is 0 Å². The van der Waals surface area contributed by atoms with Crippen molar-refractivity contribution < 1.29 is 50.0 Å². The molecule has 10 nitrogen and oxygen atoms in total. The van der Waals surface area contributed by atoms with Gasteiger partial charge in [-0.05, 0) is 18.2 Å². The molecule has 0 bridgehead atoms. The number of hydrogen-bond acceptors (Lipinski definition) is 10. The first-order chi connectivity index (χ1) is 14.8. The van der Waals surface area contributed by atoms with Crippen LogP contribution in [0.25, 0.3) is 6.08 Å². The Morgan fingerprint density at radius 3 is 2.26 bits per heavy atom. The third kappa shape index (κ3) is 3.99. The van der Waals surface area contributed by atoms with Crippen LogP contribution in [0.4, 0.5) is 0 Å². The van der Waals surface area contributed by atoms with E-state index in [-0.39, 0.29) is 34.3 Å². The van der Waals surface area contributed by atoms with E-state index in [4.69, 9.17) is 14.2 Å². The van der Waals surface area contributed by atoms with Crippen molar-refractivity contribution in [2.24, 2.45) is 0 Å². The molecule has 31 heavy (non-hydrogen) atoms. The number of benzene rings is 2. The molecule has 6 atom stereocenters. The van der Waals surface area contributed by atoms with Gasteiger partial charge in [-0.3, -0.25) is 0 Å². The Hall–Kier alpha value is -3.02. The van der Waals surface area contributed by atoms with Crippen LogP contribution in [0.1, 0.15) is 17.2 Å². The smallest absolute Gasteiger partial charge is 0.229 e. The van der Waals surface area contributed by atoms with Crippen molar-refractivity contribution in [3.63, 3.8) is 0 Å². The van der Waals surface area contributed by atoms with Crippen molar-refractivity contribution in [1.29, 1.82) is 0 Å². The van der Waals surface area contributed by atoms with Crippen LogP contribution < -0.4 is 9.47 Å². The van der Waals surface area contributed by atoms with Crippen LogP contribution in [0.5, 0.6) is 23.0 Å². The highest BCUT2D eigenvalue weighted by atomic mass is 16.7. The quantitative estimate of drug-likeness (QED) is 0.355. The Labute approximate surface area is 176 Å². The van der Waals surface area contributed by atoms with Gasteiger partial charge in [0, 0.05) is 17.7 Å². The minimum atomic E-state index is -1.65. The van der Waals surface area contributed by atoms with Gasteiger partial charge in [0.15, 0.2) is 6.10 Å². The largest absolute Gasteiger partial charge is 0.508 e. The lowest BCUT2D eigenvalue weighted by Gasteiger charge is -2.39. The van der Waals surface area contributed by atoms with E-state index in [1.54, 1.807) is 12.1 Å². The fraction of sp³-hybridized carbons (Fsp3) is 0.333. The lowest BCUT2D eigenvalue weighted by Crippen LogP contribution is -2.60. The Balaban J connectivity index is 1.64. The van der Waals surface area contributed by atoms with E-state index in [2.05, 4.69) is 0 Å². The molecule has 2 aromatic carbocycles. The van der Waals surface area contributed by atoms with E-state index in [0.717, 1.165) is 0 Å². The molecule has 166 valence electrons. The zero-order valence-electron chi connectivity index (χ0n) is 16.1. The average Bonchev–Trinajstić information content (AvgIpc) is 2.75. The summed E-state index contributed by atoms with van der Waals surface area (Å²) >= 11 is 0. The molecule has 2 aromatic rings. The van der Waals surface area contributed by atoms with E-state index in [9.17, 15) is 35.7 Å². The summed E-state index contributed by atoms with van der Waals surface area (Å²) in [7, 11) is 0. The summed E-state index contributed by atoms with van der Waals surface area (Å²) in [5, 5.41) is 69.4. The van der Waals surface area contributed by atoms with Gasteiger partial charge in [-0.1, -0.05) is 12.1 Å². The van der Waals surface area contributed by atoms with E-state index in [0.29, 0.717) is 5.56 Å². The fourth-order valence-corrected chi connectivity index (χ4v) is 3.51. The molecule has 4 rings (SSSR count). The van der Waals surface area contributed by atoms with Crippen molar-refractivity contribution in [3.05, 3.63) is 53.3 Å². The first-order valence-electron chi connectivity index (χ1n) is 9.49. The molecular weight excluding hydrogens is 412 g/mol. The Morgan fingerprint density at radius 1 is 0.871 bits per heavy atom. The van der Waals surface area contributed by atoms with Gasteiger partial charge in [0.1, 0.15) is 53.2 Å². The summed E-state index contributed by atoms with van der Waals surface area (Å²) in [4.78, 5) is 0. The third-order valence-corrected chi connectivity index (χ3v) is 5.18. The maximum Gasteiger partial charge on any atom is 0.229 e. The topological polar surface area (TPSA) is 169 Å². The molecule has 1 fully saturated rings. The molecule has 2 aliphatic heterocycles. The van der Waals surface area contributed by atoms with Crippen LogP contribution in [-0.2, 0) is 4.74 Å². The van der Waals surface area contributed by atoms with E-state index < -0.39 is 43.4 Å². The molecule has 2 aliphatic rings. The molecule has 2 heterocycles. The van der Waals surface area contributed by atoms with Gasteiger partial charge in [0.05, 0.1) is 12.2 Å². The van der Waals surface area contributed by atoms with Crippen LogP contribution >= 0.6 is 0 Å². The highest BCUT2D eigenvalue weighted by Crippen LogP contribution is 2.44. The molecule has 0 spiro atoms. The summed E-state index contributed by atoms with van der Waals surface area (Å²) in [5.41, 5.74) is 0.791. The molecule has 0 aliphatic carbocycles. The molecule has 7 N–H and O–H groups in total. The van der Waals surface area contributed by atoms with Crippen molar-refractivity contribution in [3.8, 4) is 23.0 Å². The minimum Gasteiger partial charge on any atom is -0.508 e. The number of phenolic OH excluding ortho intramolecular Hbond substituents is 2. The van der Waals surface area contributed by atoms with E-state index in [1.807, 2.05) is 0 Å². The highest BCUT2D eigenvalue weighted by molar-refractivity contribution is 5.70. The lowest BCUT2D eigenvalue weighted by atomic mass is 9.99. The zero-order chi connectivity index (χ0) is 22.3. The number of aliphatic hydroxyl groups is 5. The van der Waals surface area contributed by atoms with Gasteiger partial charge < -0.3 is 50.0 Å². The van der Waals surface area contributed by atoms with Crippen molar-refractivity contribution in [2.75, 3.05) is 6.61 Å². The van der Waals surface area contributed by atoms with Gasteiger partial charge in [-0.25, -0.2) is 0 Å².